The second-order valence-electron chi connectivity index (χ2n) is 5.07. The molecule has 0 fully saturated rings. The van der Waals surface area contributed by atoms with E-state index < -0.39 is 0 Å². The molecule has 6 heteroatoms. The van der Waals surface area contributed by atoms with Crippen LogP contribution in [0.5, 0.6) is 0 Å². The molecule has 0 aliphatic heterocycles. The molecule has 0 saturated heterocycles. The minimum atomic E-state index is -0.290. The maximum absolute atomic E-state index is 12.0. The molecule has 0 spiro atoms. The van der Waals surface area contributed by atoms with Crippen molar-refractivity contribution in [1.29, 1.82) is 0 Å². The predicted octanol–water partition coefficient (Wildman–Crippen LogP) is 2.86. The topological polar surface area (TPSA) is 83.8 Å². The number of carbonyl (C=O) groups is 1. The number of aromatic amines is 1. The van der Waals surface area contributed by atoms with Crippen LogP contribution in [0.2, 0.25) is 0 Å². The normalized spacial score (nSPS) is 12.1. The van der Waals surface area contributed by atoms with Crippen molar-refractivity contribution in [3.8, 4) is 11.3 Å². The van der Waals surface area contributed by atoms with E-state index in [-0.39, 0.29) is 17.6 Å². The van der Waals surface area contributed by atoms with E-state index in [9.17, 15) is 4.79 Å². The molecule has 3 aromatic rings. The van der Waals surface area contributed by atoms with Gasteiger partial charge in [0.25, 0.3) is 5.91 Å². The number of rotatable bonds is 4. The largest absolute Gasteiger partial charge is 0.361 e. The van der Waals surface area contributed by atoms with E-state index in [0.29, 0.717) is 11.6 Å². The van der Waals surface area contributed by atoms with E-state index in [1.165, 1.54) is 0 Å². The molecule has 1 aromatic carbocycles. The Morgan fingerprint density at radius 2 is 2.09 bits per heavy atom. The van der Waals surface area contributed by atoms with E-state index in [2.05, 4.69) is 20.4 Å². The maximum Gasteiger partial charge on any atom is 0.274 e. The van der Waals surface area contributed by atoms with Crippen LogP contribution in [0, 0.1) is 6.92 Å². The van der Waals surface area contributed by atoms with Gasteiger partial charge in [-0.25, -0.2) is 4.98 Å². The van der Waals surface area contributed by atoms with Gasteiger partial charge < -0.3 is 14.8 Å². The molecule has 2 N–H and O–H groups in total. The molecule has 22 heavy (non-hydrogen) atoms. The Labute approximate surface area is 127 Å². The summed E-state index contributed by atoms with van der Waals surface area (Å²) in [5, 5.41) is 6.53. The summed E-state index contributed by atoms with van der Waals surface area (Å²) in [7, 11) is 0. The Kier molecular flexibility index (Phi) is 3.74. The fraction of sp³-hybridized carbons (Fsp3) is 0.188. The van der Waals surface area contributed by atoms with Crippen LogP contribution in [0.1, 0.15) is 35.0 Å². The first kappa shape index (κ1) is 14.1. The number of benzene rings is 1. The fourth-order valence-electron chi connectivity index (χ4n) is 2.13. The molecule has 1 atom stereocenters. The Bertz CT molecular complexity index is 776. The molecule has 0 unspecified atom stereocenters. The highest BCUT2D eigenvalue weighted by molar-refractivity contribution is 5.92. The lowest BCUT2D eigenvalue weighted by Crippen LogP contribution is -2.27. The Morgan fingerprint density at radius 3 is 2.77 bits per heavy atom. The van der Waals surface area contributed by atoms with Gasteiger partial charge in [-0.15, -0.1) is 0 Å². The highest BCUT2D eigenvalue weighted by Crippen LogP contribution is 2.19. The first-order valence-electron chi connectivity index (χ1n) is 6.98. The number of aryl methyl sites for hydroxylation is 1. The van der Waals surface area contributed by atoms with Gasteiger partial charge in [-0.05, 0) is 19.4 Å². The van der Waals surface area contributed by atoms with Gasteiger partial charge in [0.15, 0.2) is 5.69 Å². The third-order valence-electron chi connectivity index (χ3n) is 3.30. The van der Waals surface area contributed by atoms with Crippen LogP contribution < -0.4 is 5.32 Å². The average molecular weight is 296 g/mol. The summed E-state index contributed by atoms with van der Waals surface area (Å²) in [6.07, 6.45) is 1.76. The molecule has 0 radical (unpaired) electrons. The maximum atomic E-state index is 12.0. The minimum Gasteiger partial charge on any atom is -0.361 e. The molecule has 2 heterocycles. The van der Waals surface area contributed by atoms with Crippen molar-refractivity contribution < 1.29 is 9.32 Å². The predicted molar refractivity (Wildman–Crippen MR) is 81.1 cm³/mol. The van der Waals surface area contributed by atoms with E-state index >= 15 is 0 Å². The molecule has 112 valence electrons. The Hall–Kier alpha value is -2.89. The third-order valence-corrected chi connectivity index (χ3v) is 3.30. The number of aromatic nitrogens is 3. The average Bonchev–Trinajstić information content (AvgIpc) is 3.17. The number of H-pyrrole nitrogens is 1. The van der Waals surface area contributed by atoms with Crippen LogP contribution in [0.25, 0.3) is 11.3 Å². The zero-order valence-electron chi connectivity index (χ0n) is 12.3. The van der Waals surface area contributed by atoms with Gasteiger partial charge in [-0.3, -0.25) is 4.79 Å². The lowest BCUT2D eigenvalue weighted by Gasteiger charge is -2.09. The van der Waals surface area contributed by atoms with Crippen molar-refractivity contribution in [3.63, 3.8) is 0 Å². The smallest absolute Gasteiger partial charge is 0.274 e. The van der Waals surface area contributed by atoms with E-state index in [1.807, 2.05) is 37.3 Å². The molecule has 0 aliphatic carbocycles. The first-order chi connectivity index (χ1) is 10.6. The molecular formula is C16H16N4O2. The molecule has 1 amide bonds. The summed E-state index contributed by atoms with van der Waals surface area (Å²) in [5.41, 5.74) is 2.22. The number of nitrogens with zero attached hydrogens (tertiary/aromatic N) is 2. The zero-order chi connectivity index (χ0) is 15.5. The summed E-state index contributed by atoms with van der Waals surface area (Å²) in [6, 6.07) is 11.2. The summed E-state index contributed by atoms with van der Waals surface area (Å²) < 4.78 is 4.90. The summed E-state index contributed by atoms with van der Waals surface area (Å²) in [6.45, 7) is 3.60. The van der Waals surface area contributed by atoms with Gasteiger partial charge in [0.1, 0.15) is 11.6 Å². The molecule has 3 rings (SSSR count). The van der Waals surface area contributed by atoms with Crippen LogP contribution >= 0.6 is 0 Å². The third kappa shape index (κ3) is 2.90. The van der Waals surface area contributed by atoms with Crippen LogP contribution in [0.4, 0.5) is 0 Å². The second kappa shape index (κ2) is 5.85. The summed E-state index contributed by atoms with van der Waals surface area (Å²) in [5.74, 6) is 0.997. The van der Waals surface area contributed by atoms with E-state index in [4.69, 9.17) is 4.52 Å². The Morgan fingerprint density at radius 1 is 1.32 bits per heavy atom. The number of amides is 1. The van der Waals surface area contributed by atoms with Crippen LogP contribution in [0.15, 0.2) is 47.1 Å². The van der Waals surface area contributed by atoms with Crippen molar-refractivity contribution in [2.24, 2.45) is 0 Å². The summed E-state index contributed by atoms with van der Waals surface area (Å²) >= 11 is 0. The quantitative estimate of drug-likeness (QED) is 0.775. The van der Waals surface area contributed by atoms with Gasteiger partial charge in [-0.2, -0.15) is 0 Å². The highest BCUT2D eigenvalue weighted by Gasteiger charge is 2.17. The number of hydrogen-bond acceptors (Lipinski definition) is 4. The number of hydrogen-bond donors (Lipinski definition) is 2. The van der Waals surface area contributed by atoms with Gasteiger partial charge in [-0.1, -0.05) is 35.5 Å². The molecule has 2 aromatic heterocycles. The molecule has 0 bridgehead atoms. The number of imidazole rings is 1. The summed E-state index contributed by atoms with van der Waals surface area (Å²) in [4.78, 5) is 19.6. The van der Waals surface area contributed by atoms with Crippen molar-refractivity contribution >= 4 is 5.91 Å². The SMILES string of the molecule is Cc1cc(C(=O)N[C@H](C)c2ncc(-c3ccccc3)[nH]2)no1. The van der Waals surface area contributed by atoms with Crippen molar-refractivity contribution in [3.05, 3.63) is 59.9 Å². The second-order valence-corrected chi connectivity index (χ2v) is 5.07. The van der Waals surface area contributed by atoms with Crippen LogP contribution in [0.3, 0.4) is 0 Å². The van der Waals surface area contributed by atoms with Gasteiger partial charge in [0.05, 0.1) is 17.9 Å². The lowest BCUT2D eigenvalue weighted by molar-refractivity contribution is 0.0929. The monoisotopic (exact) mass is 296 g/mol. The van der Waals surface area contributed by atoms with Crippen molar-refractivity contribution in [1.82, 2.24) is 20.4 Å². The van der Waals surface area contributed by atoms with Crippen LogP contribution in [-0.2, 0) is 0 Å². The van der Waals surface area contributed by atoms with Crippen LogP contribution in [-0.4, -0.2) is 21.0 Å². The Balaban J connectivity index is 1.72. The van der Waals surface area contributed by atoms with Gasteiger partial charge >= 0.3 is 0 Å². The fourth-order valence-corrected chi connectivity index (χ4v) is 2.13. The van der Waals surface area contributed by atoms with E-state index in [0.717, 1.165) is 11.3 Å². The first-order valence-corrected chi connectivity index (χ1v) is 6.98. The number of carbonyl (C=O) groups excluding carboxylic acids is 1. The molecule has 6 nitrogen and oxygen atoms in total. The number of nitrogens with one attached hydrogen (secondary N) is 2. The lowest BCUT2D eigenvalue weighted by atomic mass is 10.2. The minimum absolute atomic E-state index is 0.262. The van der Waals surface area contributed by atoms with Crippen molar-refractivity contribution in [2.75, 3.05) is 0 Å². The zero-order valence-corrected chi connectivity index (χ0v) is 12.3. The van der Waals surface area contributed by atoms with Gasteiger partial charge in [0, 0.05) is 6.07 Å². The van der Waals surface area contributed by atoms with E-state index in [1.54, 1.807) is 19.2 Å². The van der Waals surface area contributed by atoms with Gasteiger partial charge in [0.2, 0.25) is 0 Å². The molecular weight excluding hydrogens is 280 g/mol. The highest BCUT2D eigenvalue weighted by atomic mass is 16.5. The van der Waals surface area contributed by atoms with Crippen molar-refractivity contribution in [2.45, 2.75) is 19.9 Å². The standard InChI is InChI=1S/C16H16N4O2/c1-10-8-13(20-22-10)16(21)18-11(2)15-17-9-14(19-15)12-6-4-3-5-7-12/h3-9,11H,1-2H3,(H,17,19)(H,18,21)/t11-/m1/s1. The molecule has 0 saturated carbocycles. The molecule has 0 aliphatic rings.